The van der Waals surface area contributed by atoms with E-state index >= 15 is 0 Å². The number of carbonyl (C=O) groups is 1. The van der Waals surface area contributed by atoms with Gasteiger partial charge in [-0.3, -0.25) is 0 Å². The Bertz CT molecular complexity index is 178. The quantitative estimate of drug-likeness (QED) is 0.484. The Morgan fingerprint density at radius 3 is 2.36 bits per heavy atom. The van der Waals surface area contributed by atoms with Crippen molar-refractivity contribution in [2.24, 2.45) is 0 Å². The van der Waals surface area contributed by atoms with E-state index in [1.54, 1.807) is 0 Å². The zero-order chi connectivity index (χ0) is 9.07. The fourth-order valence-corrected chi connectivity index (χ4v) is 0.698. The molecule has 0 aromatic rings. The van der Waals surface area contributed by atoms with Crippen molar-refractivity contribution in [1.82, 2.24) is 0 Å². The predicted octanol–water partition coefficient (Wildman–Crippen LogP) is 2.56. The Hall–Kier alpha value is 1.36. The SMILES string of the molecule is C=C(I)C(I)(I)OCC(=O)O. The molecule has 1 N–H and O–H groups in total. The number of hydrogen-bond acceptors (Lipinski definition) is 2. The minimum Gasteiger partial charge on any atom is -0.480 e. The third kappa shape index (κ3) is 5.58. The lowest BCUT2D eigenvalue weighted by molar-refractivity contribution is -0.142. The van der Waals surface area contributed by atoms with Crippen molar-refractivity contribution in [2.45, 2.75) is 1.61 Å². The first-order valence-corrected chi connectivity index (χ1v) is 5.68. The number of halogens is 3. The van der Waals surface area contributed by atoms with Crippen LogP contribution in [0.5, 0.6) is 0 Å². The third-order valence-electron chi connectivity index (χ3n) is 0.693. The monoisotopic (exact) mass is 494 g/mol. The summed E-state index contributed by atoms with van der Waals surface area (Å²) in [5.74, 6) is -0.972. The van der Waals surface area contributed by atoms with E-state index < -0.39 is 7.58 Å². The maximum absolute atomic E-state index is 10.1. The lowest BCUT2D eigenvalue weighted by Gasteiger charge is -2.18. The van der Waals surface area contributed by atoms with Crippen molar-refractivity contribution in [3.05, 3.63) is 10.2 Å². The Morgan fingerprint density at radius 1 is 1.64 bits per heavy atom. The van der Waals surface area contributed by atoms with Gasteiger partial charge in [-0.25, -0.2) is 4.79 Å². The van der Waals surface area contributed by atoms with Crippen LogP contribution in [0.3, 0.4) is 0 Å². The summed E-state index contributed by atoms with van der Waals surface area (Å²) < 4.78 is 5.16. The first-order valence-electron chi connectivity index (χ1n) is 2.44. The van der Waals surface area contributed by atoms with Gasteiger partial charge in [0, 0.05) is 3.58 Å². The molecule has 0 spiro atoms. The summed E-state index contributed by atoms with van der Waals surface area (Å²) in [6.07, 6.45) is 0. The summed E-state index contributed by atoms with van der Waals surface area (Å²) in [6.45, 7) is 3.36. The highest BCUT2D eigenvalue weighted by Gasteiger charge is 2.26. The van der Waals surface area contributed by atoms with Crippen LogP contribution in [0.4, 0.5) is 0 Å². The van der Waals surface area contributed by atoms with Gasteiger partial charge < -0.3 is 9.84 Å². The van der Waals surface area contributed by atoms with Crippen molar-refractivity contribution in [2.75, 3.05) is 6.61 Å². The zero-order valence-electron chi connectivity index (χ0n) is 5.31. The van der Waals surface area contributed by atoms with Crippen LogP contribution >= 0.6 is 67.8 Å². The van der Waals surface area contributed by atoms with E-state index in [4.69, 9.17) is 9.84 Å². The predicted molar refractivity (Wildman–Crippen MR) is 67.5 cm³/mol. The highest BCUT2D eigenvalue weighted by Crippen LogP contribution is 2.39. The molecule has 0 saturated carbocycles. The highest BCUT2D eigenvalue weighted by atomic mass is 127. The maximum atomic E-state index is 10.1. The number of carboxylic acids is 1. The average Bonchev–Trinajstić information content (AvgIpc) is 1.84. The standard InChI is InChI=1S/C5H5I3O3/c1-3(6)5(7,8)11-2-4(9)10/h1-2H2,(H,9,10). The fraction of sp³-hybridized carbons (Fsp3) is 0.400. The number of carboxylic acid groups (broad SMARTS) is 1. The molecule has 11 heavy (non-hydrogen) atoms. The number of hydrogen-bond donors (Lipinski definition) is 1. The molecule has 0 aliphatic carbocycles. The number of rotatable bonds is 4. The van der Waals surface area contributed by atoms with E-state index in [2.05, 4.69) is 6.58 Å². The molecule has 3 nitrogen and oxygen atoms in total. The van der Waals surface area contributed by atoms with Gasteiger partial charge in [-0.15, -0.1) is 0 Å². The molecule has 0 aliphatic heterocycles. The lowest BCUT2D eigenvalue weighted by atomic mass is 10.7. The second-order valence-electron chi connectivity index (χ2n) is 1.60. The van der Waals surface area contributed by atoms with Crippen LogP contribution in [-0.2, 0) is 9.53 Å². The van der Waals surface area contributed by atoms with Gasteiger partial charge >= 0.3 is 5.97 Å². The van der Waals surface area contributed by atoms with Crippen LogP contribution in [-0.4, -0.2) is 19.3 Å². The van der Waals surface area contributed by atoms with E-state index in [-0.39, 0.29) is 6.61 Å². The zero-order valence-corrected chi connectivity index (χ0v) is 11.8. The van der Waals surface area contributed by atoms with Crippen molar-refractivity contribution in [3.63, 3.8) is 0 Å². The molecule has 0 aromatic carbocycles. The van der Waals surface area contributed by atoms with Crippen LogP contribution in [0, 0.1) is 0 Å². The fourth-order valence-electron chi connectivity index (χ4n) is 0.231. The summed E-state index contributed by atoms with van der Waals surface area (Å²) in [7, 11) is 0. The molecule has 0 atom stereocenters. The smallest absolute Gasteiger partial charge is 0.329 e. The van der Waals surface area contributed by atoms with Gasteiger partial charge in [0.2, 0.25) is 1.61 Å². The van der Waals surface area contributed by atoms with Crippen LogP contribution in [0.1, 0.15) is 0 Å². The second kappa shape index (κ2) is 5.17. The third-order valence-corrected chi connectivity index (χ3v) is 5.44. The Kier molecular flexibility index (Phi) is 5.81. The largest absolute Gasteiger partial charge is 0.480 e. The van der Waals surface area contributed by atoms with Gasteiger partial charge in [-0.05, 0) is 67.8 Å². The topological polar surface area (TPSA) is 46.5 Å². The molecule has 64 valence electrons. The van der Waals surface area contributed by atoms with Crippen molar-refractivity contribution in [1.29, 1.82) is 0 Å². The van der Waals surface area contributed by atoms with Crippen LogP contribution in [0.25, 0.3) is 0 Å². The van der Waals surface area contributed by atoms with Crippen molar-refractivity contribution < 1.29 is 14.6 Å². The minimum absolute atomic E-state index is 0.298. The van der Waals surface area contributed by atoms with E-state index in [0.717, 1.165) is 3.58 Å². The summed E-state index contributed by atoms with van der Waals surface area (Å²) in [4.78, 5) is 10.1. The van der Waals surface area contributed by atoms with Gasteiger partial charge in [0.15, 0.2) is 0 Å². The molecule has 0 amide bonds. The molecule has 6 heteroatoms. The Balaban J connectivity index is 3.92. The number of ether oxygens (including phenoxy) is 1. The number of alkyl halides is 2. The van der Waals surface area contributed by atoms with Crippen LogP contribution in [0.2, 0.25) is 0 Å². The van der Waals surface area contributed by atoms with Crippen molar-refractivity contribution in [3.8, 4) is 0 Å². The number of aliphatic carboxylic acids is 1. The normalized spacial score (nSPS) is 11.2. The summed E-state index contributed by atoms with van der Waals surface area (Å²) in [6, 6.07) is 0. The first-order chi connectivity index (χ1) is 4.86. The van der Waals surface area contributed by atoms with Gasteiger partial charge in [0.1, 0.15) is 6.61 Å². The second-order valence-corrected chi connectivity index (χ2v) is 8.01. The van der Waals surface area contributed by atoms with E-state index in [1.165, 1.54) is 0 Å². The summed E-state index contributed by atoms with van der Waals surface area (Å²) in [5, 5.41) is 8.29. The average molecular weight is 494 g/mol. The molecule has 0 rings (SSSR count). The summed E-state index contributed by atoms with van der Waals surface area (Å²) in [5.41, 5.74) is 0. The summed E-state index contributed by atoms with van der Waals surface area (Å²) >= 11 is 5.99. The van der Waals surface area contributed by atoms with Gasteiger partial charge in [0.25, 0.3) is 0 Å². The van der Waals surface area contributed by atoms with E-state index in [0.29, 0.717) is 0 Å². The molecule has 0 unspecified atom stereocenters. The van der Waals surface area contributed by atoms with Gasteiger partial charge in [0.05, 0.1) is 0 Å². The Labute approximate surface area is 105 Å². The van der Waals surface area contributed by atoms with E-state index in [9.17, 15) is 4.79 Å². The maximum Gasteiger partial charge on any atom is 0.329 e. The minimum atomic E-state index is -0.972. The van der Waals surface area contributed by atoms with Gasteiger partial charge in [-0.1, -0.05) is 6.58 Å². The molecular weight excluding hydrogens is 489 g/mol. The van der Waals surface area contributed by atoms with Crippen LogP contribution in [0.15, 0.2) is 10.2 Å². The van der Waals surface area contributed by atoms with E-state index in [1.807, 2.05) is 67.8 Å². The molecule has 0 aliphatic rings. The van der Waals surface area contributed by atoms with Gasteiger partial charge in [-0.2, -0.15) is 0 Å². The first kappa shape index (κ1) is 12.4. The molecule has 0 aromatic heterocycles. The lowest BCUT2D eigenvalue weighted by Crippen LogP contribution is -2.20. The molecule has 0 fully saturated rings. The molecule has 0 radical (unpaired) electrons. The van der Waals surface area contributed by atoms with Crippen molar-refractivity contribution >= 4 is 73.7 Å². The molecule has 0 bridgehead atoms. The Morgan fingerprint density at radius 2 is 2.09 bits per heavy atom. The highest BCUT2D eigenvalue weighted by molar-refractivity contribution is 14.2. The molecule has 0 saturated heterocycles. The van der Waals surface area contributed by atoms with Crippen LogP contribution < -0.4 is 0 Å². The molecular formula is C5H5I3O3. The molecule has 0 heterocycles.